The van der Waals surface area contributed by atoms with Crippen LogP contribution in [0.5, 0.6) is 5.75 Å². The fourth-order valence-electron chi connectivity index (χ4n) is 1.70. The largest absolute Gasteiger partial charge is 0.464 e. The van der Waals surface area contributed by atoms with Crippen LogP contribution in [0.3, 0.4) is 0 Å². The van der Waals surface area contributed by atoms with Gasteiger partial charge in [-0.1, -0.05) is 0 Å². The first kappa shape index (κ1) is 16.4. The SMILES string of the molecule is O=C(NCCO)c1ccn(COc2cc(F)ccc2[N+](=O)[O-])n1. The van der Waals surface area contributed by atoms with Gasteiger partial charge in [0.15, 0.2) is 6.73 Å². The van der Waals surface area contributed by atoms with Gasteiger partial charge in [0.05, 0.1) is 11.5 Å². The Labute approximate surface area is 129 Å². The molecule has 0 saturated heterocycles. The number of carbonyl (C=O) groups excluding carboxylic acids is 1. The normalized spacial score (nSPS) is 10.3. The number of halogens is 1. The molecular formula is C13H13FN4O5. The average Bonchev–Trinajstić information content (AvgIpc) is 2.99. The number of amides is 1. The molecule has 0 unspecified atom stereocenters. The van der Waals surface area contributed by atoms with Crippen LogP contribution in [0.4, 0.5) is 10.1 Å². The van der Waals surface area contributed by atoms with Crippen molar-refractivity contribution in [2.24, 2.45) is 0 Å². The highest BCUT2D eigenvalue weighted by molar-refractivity contribution is 5.92. The second-order valence-electron chi connectivity index (χ2n) is 4.36. The summed E-state index contributed by atoms with van der Waals surface area (Å²) >= 11 is 0. The van der Waals surface area contributed by atoms with Gasteiger partial charge in [-0.3, -0.25) is 14.9 Å². The van der Waals surface area contributed by atoms with Crippen molar-refractivity contribution >= 4 is 11.6 Å². The number of aliphatic hydroxyl groups is 1. The summed E-state index contributed by atoms with van der Waals surface area (Å²) in [4.78, 5) is 21.8. The lowest BCUT2D eigenvalue weighted by Crippen LogP contribution is -2.27. The second-order valence-corrected chi connectivity index (χ2v) is 4.36. The van der Waals surface area contributed by atoms with E-state index in [9.17, 15) is 19.3 Å². The number of nitrogens with zero attached hydrogens (tertiary/aromatic N) is 3. The van der Waals surface area contributed by atoms with Crippen molar-refractivity contribution in [2.75, 3.05) is 13.2 Å². The minimum Gasteiger partial charge on any atom is -0.464 e. The first-order chi connectivity index (χ1) is 11.0. The maximum Gasteiger partial charge on any atom is 0.311 e. The van der Waals surface area contributed by atoms with E-state index in [1.165, 1.54) is 16.9 Å². The van der Waals surface area contributed by atoms with Gasteiger partial charge < -0.3 is 15.2 Å². The van der Waals surface area contributed by atoms with E-state index >= 15 is 0 Å². The van der Waals surface area contributed by atoms with Gasteiger partial charge in [-0.2, -0.15) is 5.10 Å². The van der Waals surface area contributed by atoms with Crippen LogP contribution >= 0.6 is 0 Å². The molecule has 1 aromatic carbocycles. The average molecular weight is 324 g/mol. The molecule has 0 radical (unpaired) electrons. The molecule has 2 aromatic rings. The van der Waals surface area contributed by atoms with Crippen molar-refractivity contribution in [1.82, 2.24) is 15.1 Å². The van der Waals surface area contributed by atoms with Gasteiger partial charge in [-0.15, -0.1) is 0 Å². The number of nitro groups is 1. The Morgan fingerprint density at radius 1 is 1.48 bits per heavy atom. The molecule has 122 valence electrons. The van der Waals surface area contributed by atoms with Crippen LogP contribution in [0, 0.1) is 15.9 Å². The lowest BCUT2D eigenvalue weighted by molar-refractivity contribution is -0.386. The summed E-state index contributed by atoms with van der Waals surface area (Å²) < 4.78 is 19.6. The Kier molecular flexibility index (Phi) is 5.20. The zero-order chi connectivity index (χ0) is 16.8. The summed E-state index contributed by atoms with van der Waals surface area (Å²) in [6.45, 7) is -0.339. The highest BCUT2D eigenvalue weighted by Gasteiger charge is 2.16. The van der Waals surface area contributed by atoms with Gasteiger partial charge in [0, 0.05) is 24.9 Å². The van der Waals surface area contributed by atoms with Crippen molar-refractivity contribution < 1.29 is 24.0 Å². The summed E-state index contributed by atoms with van der Waals surface area (Å²) in [5.74, 6) is -1.39. The molecule has 1 amide bonds. The molecule has 0 spiro atoms. The summed E-state index contributed by atoms with van der Waals surface area (Å²) in [5, 5.41) is 25.8. The Balaban J connectivity index is 2.04. The van der Waals surface area contributed by atoms with Gasteiger partial charge in [0.25, 0.3) is 5.91 Å². The van der Waals surface area contributed by atoms with Gasteiger partial charge in [0.2, 0.25) is 5.75 Å². The third-order valence-corrected chi connectivity index (χ3v) is 2.74. The molecule has 10 heteroatoms. The van der Waals surface area contributed by atoms with E-state index in [-0.39, 0.29) is 37.0 Å². The molecule has 1 aromatic heterocycles. The zero-order valence-electron chi connectivity index (χ0n) is 11.8. The number of ether oxygens (including phenoxy) is 1. The second kappa shape index (κ2) is 7.31. The van der Waals surface area contributed by atoms with Crippen molar-refractivity contribution in [3.8, 4) is 5.75 Å². The van der Waals surface area contributed by atoms with Crippen molar-refractivity contribution in [1.29, 1.82) is 0 Å². The van der Waals surface area contributed by atoms with Crippen molar-refractivity contribution in [3.63, 3.8) is 0 Å². The van der Waals surface area contributed by atoms with E-state index in [1.54, 1.807) is 0 Å². The minimum atomic E-state index is -0.689. The summed E-state index contributed by atoms with van der Waals surface area (Å²) in [6, 6.07) is 4.27. The standard InChI is InChI=1S/C13H13FN4O5/c14-9-1-2-11(18(21)22)12(7-9)23-8-17-5-3-10(16-17)13(20)15-4-6-19/h1-3,5,7,19H,4,6,8H2,(H,15,20). The number of rotatable bonds is 7. The molecule has 0 atom stereocenters. The molecule has 2 rings (SSSR count). The topological polar surface area (TPSA) is 120 Å². The van der Waals surface area contributed by atoms with Crippen molar-refractivity contribution in [2.45, 2.75) is 6.73 Å². The Hall–Kier alpha value is -3.01. The molecular weight excluding hydrogens is 311 g/mol. The number of benzene rings is 1. The molecule has 0 aliphatic rings. The fraction of sp³-hybridized carbons (Fsp3) is 0.231. The number of nitrogens with one attached hydrogen (secondary N) is 1. The minimum absolute atomic E-state index is 0.0933. The zero-order valence-corrected chi connectivity index (χ0v) is 11.8. The van der Waals surface area contributed by atoms with Crippen LogP contribution < -0.4 is 10.1 Å². The van der Waals surface area contributed by atoms with E-state index in [2.05, 4.69) is 10.4 Å². The Morgan fingerprint density at radius 2 is 2.26 bits per heavy atom. The predicted octanol–water partition coefficient (Wildman–Crippen LogP) is 0.689. The predicted molar refractivity (Wildman–Crippen MR) is 75.3 cm³/mol. The number of nitro benzene ring substituents is 1. The lowest BCUT2D eigenvalue weighted by Gasteiger charge is -2.07. The Morgan fingerprint density at radius 3 is 2.96 bits per heavy atom. The third kappa shape index (κ3) is 4.23. The fourth-order valence-corrected chi connectivity index (χ4v) is 1.70. The molecule has 0 aliphatic heterocycles. The molecule has 2 N–H and O–H groups in total. The van der Waals surface area contributed by atoms with Gasteiger partial charge in [0.1, 0.15) is 11.5 Å². The number of aromatic nitrogens is 2. The molecule has 9 nitrogen and oxygen atoms in total. The molecule has 0 bridgehead atoms. The Bertz CT molecular complexity index is 718. The first-order valence-corrected chi connectivity index (χ1v) is 6.50. The summed E-state index contributed by atoms with van der Waals surface area (Å²) in [5.41, 5.74) is -0.282. The van der Waals surface area contributed by atoms with Crippen LogP contribution in [-0.4, -0.2) is 38.9 Å². The maximum absolute atomic E-state index is 13.2. The summed E-state index contributed by atoms with van der Waals surface area (Å²) in [6.07, 6.45) is 1.43. The van der Waals surface area contributed by atoms with Crippen LogP contribution in [0.25, 0.3) is 0 Å². The smallest absolute Gasteiger partial charge is 0.311 e. The van der Waals surface area contributed by atoms with Gasteiger partial charge >= 0.3 is 5.69 Å². The van der Waals surface area contributed by atoms with Crippen molar-refractivity contribution in [3.05, 3.63) is 52.1 Å². The summed E-state index contributed by atoms with van der Waals surface area (Å²) in [7, 11) is 0. The first-order valence-electron chi connectivity index (χ1n) is 6.50. The van der Waals surface area contributed by atoms with Gasteiger partial charge in [-0.05, 0) is 12.1 Å². The monoisotopic (exact) mass is 324 g/mol. The molecule has 0 aliphatic carbocycles. The quantitative estimate of drug-likeness (QED) is 0.571. The van der Waals surface area contributed by atoms with Crippen LogP contribution in [-0.2, 0) is 6.73 Å². The lowest BCUT2D eigenvalue weighted by atomic mass is 10.3. The highest BCUT2D eigenvalue weighted by atomic mass is 19.1. The van der Waals surface area contributed by atoms with Crippen LogP contribution in [0.2, 0.25) is 0 Å². The number of aliphatic hydroxyl groups excluding tert-OH is 1. The number of hydrogen-bond acceptors (Lipinski definition) is 6. The molecule has 1 heterocycles. The maximum atomic E-state index is 13.2. The third-order valence-electron chi connectivity index (χ3n) is 2.74. The van der Waals surface area contributed by atoms with E-state index in [4.69, 9.17) is 9.84 Å². The van der Waals surface area contributed by atoms with Gasteiger partial charge in [-0.25, -0.2) is 9.07 Å². The molecule has 0 saturated carbocycles. The highest BCUT2D eigenvalue weighted by Crippen LogP contribution is 2.27. The van der Waals surface area contributed by atoms with Crippen LogP contribution in [0.15, 0.2) is 30.5 Å². The van der Waals surface area contributed by atoms with Crippen LogP contribution in [0.1, 0.15) is 10.5 Å². The van der Waals surface area contributed by atoms with E-state index in [1.807, 2.05) is 0 Å². The molecule has 23 heavy (non-hydrogen) atoms. The van der Waals surface area contributed by atoms with E-state index in [0.717, 1.165) is 18.2 Å². The van der Waals surface area contributed by atoms with E-state index < -0.39 is 16.6 Å². The number of carbonyl (C=O) groups is 1. The number of hydrogen-bond donors (Lipinski definition) is 2. The molecule has 0 fully saturated rings. The van der Waals surface area contributed by atoms with E-state index in [0.29, 0.717) is 0 Å².